The van der Waals surface area contributed by atoms with Gasteiger partial charge < -0.3 is 4.74 Å². The van der Waals surface area contributed by atoms with E-state index in [1.54, 1.807) is 12.1 Å². The summed E-state index contributed by atoms with van der Waals surface area (Å²) >= 11 is 0. The van der Waals surface area contributed by atoms with Crippen LogP contribution in [0.1, 0.15) is 50.5 Å². The van der Waals surface area contributed by atoms with Gasteiger partial charge in [0.05, 0.1) is 0 Å². The molecule has 3 aromatic carbocycles. The third-order valence-electron chi connectivity index (χ3n) is 6.33. The number of hydrogen-bond acceptors (Lipinski definition) is 1. The zero-order valence-corrected chi connectivity index (χ0v) is 16.8. The van der Waals surface area contributed by atoms with Gasteiger partial charge in [-0.2, -0.15) is 8.78 Å². The van der Waals surface area contributed by atoms with Gasteiger partial charge >= 0.3 is 6.61 Å². The second-order valence-electron chi connectivity index (χ2n) is 8.06. The van der Waals surface area contributed by atoms with Crippen LogP contribution in [0.2, 0.25) is 0 Å². The lowest BCUT2D eigenvalue weighted by Crippen LogP contribution is -2.12. The summed E-state index contributed by atoms with van der Waals surface area (Å²) in [5.74, 6) is -0.630. The van der Waals surface area contributed by atoms with Crippen molar-refractivity contribution in [3.05, 3.63) is 65.7 Å². The Kier molecular flexibility index (Phi) is 5.98. The molecule has 1 nitrogen and oxygen atoms in total. The second-order valence-corrected chi connectivity index (χ2v) is 8.06. The van der Waals surface area contributed by atoms with Gasteiger partial charge in [-0.25, -0.2) is 8.78 Å². The summed E-state index contributed by atoms with van der Waals surface area (Å²) in [4.78, 5) is 0. The van der Waals surface area contributed by atoms with Crippen molar-refractivity contribution >= 4 is 10.8 Å². The maximum atomic E-state index is 15.2. The van der Waals surface area contributed by atoms with Gasteiger partial charge in [-0.3, -0.25) is 0 Å². The average molecular weight is 416 g/mol. The van der Waals surface area contributed by atoms with Gasteiger partial charge in [0.2, 0.25) is 0 Å². The van der Waals surface area contributed by atoms with E-state index in [-0.39, 0.29) is 11.1 Å². The normalized spacial score (nSPS) is 19.4. The van der Waals surface area contributed by atoms with Crippen LogP contribution >= 0.6 is 0 Å². The first-order chi connectivity index (χ1) is 14.5. The minimum absolute atomic E-state index is 0.223. The number of alkyl halides is 2. The molecule has 3 aromatic rings. The third kappa shape index (κ3) is 4.16. The van der Waals surface area contributed by atoms with Crippen LogP contribution in [-0.2, 0) is 0 Å². The minimum atomic E-state index is -3.12. The van der Waals surface area contributed by atoms with Gasteiger partial charge in [-0.05, 0) is 66.2 Å². The highest BCUT2D eigenvalue weighted by Gasteiger charge is 2.22. The number of hydrogen-bond donors (Lipinski definition) is 0. The van der Waals surface area contributed by atoms with Gasteiger partial charge in [-0.15, -0.1) is 0 Å². The van der Waals surface area contributed by atoms with Gasteiger partial charge in [0.1, 0.15) is 5.82 Å². The van der Waals surface area contributed by atoms with Crippen LogP contribution in [0.3, 0.4) is 0 Å². The van der Waals surface area contributed by atoms with E-state index < -0.39 is 24.0 Å². The second kappa shape index (κ2) is 8.66. The molecule has 0 aliphatic heterocycles. The molecule has 5 heteroatoms. The minimum Gasteiger partial charge on any atom is -0.432 e. The number of halogens is 4. The molecule has 0 heterocycles. The quantitative estimate of drug-likeness (QED) is 0.382. The van der Waals surface area contributed by atoms with Crippen molar-refractivity contribution in [2.75, 3.05) is 0 Å². The molecule has 0 N–H and O–H groups in total. The van der Waals surface area contributed by atoms with Crippen molar-refractivity contribution in [3.8, 4) is 16.9 Å². The highest BCUT2D eigenvalue weighted by atomic mass is 19.3. The summed E-state index contributed by atoms with van der Waals surface area (Å²) in [7, 11) is 0. The fraction of sp³-hybridized carbons (Fsp3) is 0.360. The molecule has 0 aromatic heterocycles. The molecule has 158 valence electrons. The number of fused-ring (bicyclic) bond motifs is 1. The van der Waals surface area contributed by atoms with Crippen LogP contribution in [0.5, 0.6) is 5.75 Å². The fourth-order valence-electron chi connectivity index (χ4n) is 4.55. The predicted molar refractivity (Wildman–Crippen MR) is 111 cm³/mol. The van der Waals surface area contributed by atoms with Crippen LogP contribution in [0, 0.1) is 17.6 Å². The van der Waals surface area contributed by atoms with Gasteiger partial charge in [0.15, 0.2) is 11.6 Å². The SMILES string of the molecule is CC[C@H]1CC[C@H](c2ccc3c(F)c(-c4ccc(OC(F)F)c(F)c4)ccc3c2)CC1. The molecule has 0 amide bonds. The topological polar surface area (TPSA) is 9.23 Å². The molecular formula is C25H24F4O. The Labute approximate surface area is 173 Å². The molecule has 1 fully saturated rings. The van der Waals surface area contributed by atoms with E-state index in [2.05, 4.69) is 17.7 Å². The van der Waals surface area contributed by atoms with Crippen molar-refractivity contribution in [3.63, 3.8) is 0 Å². The van der Waals surface area contributed by atoms with E-state index in [1.807, 2.05) is 12.1 Å². The molecule has 1 aliphatic rings. The molecule has 4 rings (SSSR count). The lowest BCUT2D eigenvalue weighted by molar-refractivity contribution is -0.0521. The first-order valence-electron chi connectivity index (χ1n) is 10.4. The largest absolute Gasteiger partial charge is 0.432 e. The van der Waals surface area contributed by atoms with Crippen LogP contribution in [-0.4, -0.2) is 6.61 Å². The highest BCUT2D eigenvalue weighted by Crippen LogP contribution is 2.39. The Hall–Kier alpha value is -2.56. The summed E-state index contributed by atoms with van der Waals surface area (Å²) < 4.78 is 58.0. The van der Waals surface area contributed by atoms with E-state index in [9.17, 15) is 13.2 Å². The van der Waals surface area contributed by atoms with Gasteiger partial charge in [0, 0.05) is 10.9 Å². The van der Waals surface area contributed by atoms with Crippen molar-refractivity contribution in [2.45, 2.75) is 51.6 Å². The van der Waals surface area contributed by atoms with Crippen LogP contribution in [0.25, 0.3) is 21.9 Å². The summed E-state index contributed by atoms with van der Waals surface area (Å²) in [5.41, 5.74) is 1.74. The Bertz CT molecular complexity index is 1040. The first-order valence-corrected chi connectivity index (χ1v) is 10.4. The van der Waals surface area contributed by atoms with Crippen LogP contribution in [0.4, 0.5) is 17.6 Å². The number of ether oxygens (including phenoxy) is 1. The molecule has 0 bridgehead atoms. The zero-order valence-electron chi connectivity index (χ0n) is 16.8. The Morgan fingerprint density at radius 1 is 0.933 bits per heavy atom. The summed E-state index contributed by atoms with van der Waals surface area (Å²) in [6, 6.07) is 12.8. The summed E-state index contributed by atoms with van der Waals surface area (Å²) in [5, 5.41) is 1.27. The maximum absolute atomic E-state index is 15.2. The van der Waals surface area contributed by atoms with Crippen molar-refractivity contribution in [1.29, 1.82) is 0 Å². The molecule has 1 aliphatic carbocycles. The molecular weight excluding hydrogens is 392 g/mol. The highest BCUT2D eigenvalue weighted by molar-refractivity contribution is 5.89. The zero-order chi connectivity index (χ0) is 21.3. The average Bonchev–Trinajstić information content (AvgIpc) is 2.75. The third-order valence-corrected chi connectivity index (χ3v) is 6.33. The van der Waals surface area contributed by atoms with E-state index >= 15 is 4.39 Å². The monoisotopic (exact) mass is 416 g/mol. The smallest absolute Gasteiger partial charge is 0.387 e. The van der Waals surface area contributed by atoms with E-state index in [1.165, 1.54) is 30.9 Å². The molecule has 0 radical (unpaired) electrons. The van der Waals surface area contributed by atoms with Crippen molar-refractivity contribution in [2.24, 2.45) is 5.92 Å². The lowest BCUT2D eigenvalue weighted by atomic mass is 9.77. The summed E-state index contributed by atoms with van der Waals surface area (Å²) in [6.07, 6.45) is 6.04. The molecule has 0 spiro atoms. The fourth-order valence-corrected chi connectivity index (χ4v) is 4.55. The standard InChI is InChI=1S/C25H24F4O/c1-2-15-3-5-16(6-4-15)17-7-10-20-18(13-17)8-11-21(24(20)27)19-9-12-23(22(26)14-19)30-25(28)29/h7-16,25H,2-6H2,1H3/t15-,16-. The van der Waals surface area contributed by atoms with E-state index in [0.29, 0.717) is 11.3 Å². The van der Waals surface area contributed by atoms with Crippen LogP contribution in [0.15, 0.2) is 48.5 Å². The predicted octanol–water partition coefficient (Wildman–Crippen LogP) is 8.07. The maximum Gasteiger partial charge on any atom is 0.387 e. The Balaban J connectivity index is 1.62. The van der Waals surface area contributed by atoms with Gasteiger partial charge in [0.25, 0.3) is 0 Å². The molecule has 30 heavy (non-hydrogen) atoms. The Morgan fingerprint density at radius 2 is 1.70 bits per heavy atom. The van der Waals surface area contributed by atoms with E-state index in [4.69, 9.17) is 0 Å². The van der Waals surface area contributed by atoms with Crippen molar-refractivity contribution < 1.29 is 22.3 Å². The number of rotatable bonds is 5. The van der Waals surface area contributed by atoms with Gasteiger partial charge in [-0.1, -0.05) is 49.7 Å². The Morgan fingerprint density at radius 3 is 2.37 bits per heavy atom. The number of benzene rings is 3. The molecule has 0 unspecified atom stereocenters. The lowest BCUT2D eigenvalue weighted by Gasteiger charge is -2.28. The first kappa shape index (κ1) is 20.7. The molecule has 1 saturated carbocycles. The van der Waals surface area contributed by atoms with Crippen molar-refractivity contribution in [1.82, 2.24) is 0 Å². The van der Waals surface area contributed by atoms with E-state index in [0.717, 1.165) is 36.3 Å². The molecule has 0 atom stereocenters. The van der Waals surface area contributed by atoms with Crippen LogP contribution < -0.4 is 4.74 Å². The molecule has 0 saturated heterocycles. The summed E-state index contributed by atoms with van der Waals surface area (Å²) in [6.45, 7) is -0.874.